The topological polar surface area (TPSA) is 116 Å². The number of benzene rings is 1. The van der Waals surface area contributed by atoms with E-state index in [9.17, 15) is 14.4 Å². The van der Waals surface area contributed by atoms with Gasteiger partial charge in [0.05, 0.1) is 0 Å². The summed E-state index contributed by atoms with van der Waals surface area (Å²) in [6.45, 7) is 1.45. The van der Waals surface area contributed by atoms with Crippen molar-refractivity contribution in [2.24, 2.45) is 0 Å². The third-order valence-electron chi connectivity index (χ3n) is 2.78. The van der Waals surface area contributed by atoms with Gasteiger partial charge in [-0.3, -0.25) is 9.59 Å². The van der Waals surface area contributed by atoms with Crippen LogP contribution in [0.5, 0.6) is 0 Å². The standard InChI is InChI=1S/C14H18N2O5/c1-9(18)15-8-10-2-4-11(5-3-10)13(19)16-12(6-7-17)14(20)21/h2-5,12,17H,6-8H2,1H3,(H,15,18)(H,16,19)(H,20,21)/t12-/m0/s1. The highest BCUT2D eigenvalue weighted by Gasteiger charge is 2.19. The van der Waals surface area contributed by atoms with Crippen LogP contribution in [0.2, 0.25) is 0 Å². The Morgan fingerprint density at radius 3 is 2.29 bits per heavy atom. The fourth-order valence-electron chi connectivity index (χ4n) is 1.63. The smallest absolute Gasteiger partial charge is 0.326 e. The summed E-state index contributed by atoms with van der Waals surface area (Å²) in [6.07, 6.45) is -0.0539. The van der Waals surface area contributed by atoms with E-state index in [-0.39, 0.29) is 18.9 Å². The molecule has 0 aliphatic heterocycles. The predicted octanol–water partition coefficient (Wildman–Crippen LogP) is -0.112. The molecule has 0 heterocycles. The van der Waals surface area contributed by atoms with Crippen molar-refractivity contribution in [3.05, 3.63) is 35.4 Å². The van der Waals surface area contributed by atoms with Crippen molar-refractivity contribution in [2.75, 3.05) is 6.61 Å². The number of hydrogen-bond acceptors (Lipinski definition) is 4. The molecule has 1 atom stereocenters. The van der Waals surface area contributed by atoms with Gasteiger partial charge in [-0.05, 0) is 17.7 Å². The second-order valence-electron chi connectivity index (χ2n) is 4.48. The number of aliphatic hydroxyl groups excluding tert-OH is 1. The molecule has 114 valence electrons. The molecular formula is C14H18N2O5. The number of carboxylic acids is 1. The van der Waals surface area contributed by atoms with Gasteiger partial charge >= 0.3 is 5.97 Å². The molecule has 0 aliphatic carbocycles. The van der Waals surface area contributed by atoms with E-state index in [4.69, 9.17) is 10.2 Å². The summed E-state index contributed by atoms with van der Waals surface area (Å²) in [5.74, 6) is -1.87. The van der Waals surface area contributed by atoms with Crippen molar-refractivity contribution in [3.63, 3.8) is 0 Å². The summed E-state index contributed by atoms with van der Waals surface area (Å²) in [6, 6.07) is 5.31. The average Bonchev–Trinajstić information content (AvgIpc) is 2.45. The number of carbonyl (C=O) groups excluding carboxylic acids is 2. The molecule has 0 aliphatic rings. The fraction of sp³-hybridized carbons (Fsp3) is 0.357. The maximum Gasteiger partial charge on any atom is 0.326 e. The molecule has 0 bridgehead atoms. The minimum atomic E-state index is -1.19. The van der Waals surface area contributed by atoms with Crippen LogP contribution in [0.15, 0.2) is 24.3 Å². The van der Waals surface area contributed by atoms with Crippen molar-refractivity contribution >= 4 is 17.8 Å². The first-order valence-corrected chi connectivity index (χ1v) is 6.42. The maximum absolute atomic E-state index is 11.9. The van der Waals surface area contributed by atoms with Crippen molar-refractivity contribution in [3.8, 4) is 0 Å². The third kappa shape index (κ3) is 5.62. The van der Waals surface area contributed by atoms with Crippen LogP contribution in [0.3, 0.4) is 0 Å². The zero-order valence-electron chi connectivity index (χ0n) is 11.6. The Morgan fingerprint density at radius 1 is 1.19 bits per heavy atom. The lowest BCUT2D eigenvalue weighted by atomic mass is 10.1. The zero-order chi connectivity index (χ0) is 15.8. The van der Waals surface area contributed by atoms with Crippen molar-refractivity contribution in [1.29, 1.82) is 0 Å². The number of amides is 2. The van der Waals surface area contributed by atoms with Gasteiger partial charge in [0.25, 0.3) is 5.91 Å². The number of hydrogen-bond donors (Lipinski definition) is 4. The minimum Gasteiger partial charge on any atom is -0.480 e. The Kier molecular flexibility index (Phi) is 6.35. The molecule has 0 radical (unpaired) electrons. The van der Waals surface area contributed by atoms with Gasteiger partial charge in [0, 0.05) is 32.1 Å². The highest BCUT2D eigenvalue weighted by molar-refractivity contribution is 5.96. The summed E-state index contributed by atoms with van der Waals surface area (Å²) in [5.41, 5.74) is 1.14. The number of nitrogens with one attached hydrogen (secondary N) is 2. The van der Waals surface area contributed by atoms with E-state index in [1.165, 1.54) is 6.92 Å². The molecule has 0 spiro atoms. The quantitative estimate of drug-likeness (QED) is 0.560. The molecule has 7 heteroatoms. The lowest BCUT2D eigenvalue weighted by Crippen LogP contribution is -2.41. The first-order valence-electron chi connectivity index (χ1n) is 6.42. The maximum atomic E-state index is 11.9. The highest BCUT2D eigenvalue weighted by atomic mass is 16.4. The minimum absolute atomic E-state index is 0.0539. The molecule has 2 amide bonds. The number of aliphatic carboxylic acids is 1. The normalized spacial score (nSPS) is 11.5. The van der Waals surface area contributed by atoms with E-state index in [0.29, 0.717) is 12.1 Å². The lowest BCUT2D eigenvalue weighted by molar-refractivity contribution is -0.139. The fourth-order valence-corrected chi connectivity index (χ4v) is 1.63. The summed E-state index contributed by atoms with van der Waals surface area (Å²) >= 11 is 0. The van der Waals surface area contributed by atoms with Crippen LogP contribution in [0.1, 0.15) is 29.3 Å². The van der Waals surface area contributed by atoms with E-state index in [1.807, 2.05) is 0 Å². The first kappa shape index (κ1) is 16.6. The van der Waals surface area contributed by atoms with E-state index >= 15 is 0 Å². The van der Waals surface area contributed by atoms with Crippen LogP contribution in [-0.4, -0.2) is 40.6 Å². The van der Waals surface area contributed by atoms with Crippen LogP contribution >= 0.6 is 0 Å². The molecule has 0 aromatic heterocycles. The van der Waals surface area contributed by atoms with Crippen molar-refractivity contribution in [2.45, 2.75) is 25.9 Å². The van der Waals surface area contributed by atoms with E-state index in [0.717, 1.165) is 5.56 Å². The first-order chi connectivity index (χ1) is 9.93. The Bertz CT molecular complexity index is 513. The molecule has 0 unspecified atom stereocenters. The predicted molar refractivity (Wildman–Crippen MR) is 74.6 cm³/mol. The van der Waals surface area contributed by atoms with Gasteiger partial charge in [-0.2, -0.15) is 0 Å². The van der Waals surface area contributed by atoms with Gasteiger partial charge in [-0.1, -0.05) is 12.1 Å². The Hall–Kier alpha value is -2.41. The Balaban J connectivity index is 2.65. The highest BCUT2D eigenvalue weighted by Crippen LogP contribution is 2.05. The van der Waals surface area contributed by atoms with Gasteiger partial charge in [-0.25, -0.2) is 4.79 Å². The monoisotopic (exact) mass is 294 g/mol. The molecule has 7 nitrogen and oxygen atoms in total. The zero-order valence-corrected chi connectivity index (χ0v) is 11.6. The van der Waals surface area contributed by atoms with Crippen LogP contribution in [0.25, 0.3) is 0 Å². The summed E-state index contributed by atoms with van der Waals surface area (Å²) in [7, 11) is 0. The molecule has 1 rings (SSSR count). The molecule has 1 aromatic carbocycles. The van der Waals surface area contributed by atoms with E-state index in [1.54, 1.807) is 24.3 Å². The summed E-state index contributed by atoms with van der Waals surface area (Å²) in [5, 5.41) is 22.6. The summed E-state index contributed by atoms with van der Waals surface area (Å²) < 4.78 is 0. The molecule has 1 aromatic rings. The lowest BCUT2D eigenvalue weighted by Gasteiger charge is -2.13. The Morgan fingerprint density at radius 2 is 1.81 bits per heavy atom. The SMILES string of the molecule is CC(=O)NCc1ccc(C(=O)N[C@@H](CCO)C(=O)O)cc1. The largest absolute Gasteiger partial charge is 0.480 e. The van der Waals surface area contributed by atoms with Crippen LogP contribution in [0.4, 0.5) is 0 Å². The van der Waals surface area contributed by atoms with Crippen molar-refractivity contribution in [1.82, 2.24) is 10.6 Å². The van der Waals surface area contributed by atoms with Gasteiger partial charge in [0.15, 0.2) is 0 Å². The van der Waals surface area contributed by atoms with Crippen LogP contribution < -0.4 is 10.6 Å². The van der Waals surface area contributed by atoms with E-state index < -0.39 is 17.9 Å². The molecule has 0 saturated carbocycles. The molecule has 4 N–H and O–H groups in total. The molecular weight excluding hydrogens is 276 g/mol. The molecule has 0 fully saturated rings. The number of carbonyl (C=O) groups is 3. The summed E-state index contributed by atoms with van der Waals surface area (Å²) in [4.78, 5) is 33.6. The Labute approximate surface area is 122 Å². The van der Waals surface area contributed by atoms with Crippen molar-refractivity contribution < 1.29 is 24.6 Å². The number of aliphatic hydroxyl groups is 1. The second-order valence-corrected chi connectivity index (χ2v) is 4.48. The number of carboxylic acid groups (broad SMARTS) is 1. The van der Waals surface area contributed by atoms with Gasteiger partial charge in [0.2, 0.25) is 5.91 Å². The second kappa shape index (κ2) is 8.01. The van der Waals surface area contributed by atoms with Gasteiger partial charge in [-0.15, -0.1) is 0 Å². The van der Waals surface area contributed by atoms with Crippen LogP contribution in [-0.2, 0) is 16.1 Å². The average molecular weight is 294 g/mol. The van der Waals surface area contributed by atoms with Crippen LogP contribution in [0, 0.1) is 0 Å². The number of rotatable bonds is 7. The van der Waals surface area contributed by atoms with E-state index in [2.05, 4.69) is 10.6 Å². The molecule has 0 saturated heterocycles. The third-order valence-corrected chi connectivity index (χ3v) is 2.78. The van der Waals surface area contributed by atoms with Gasteiger partial charge < -0.3 is 20.8 Å². The molecule has 21 heavy (non-hydrogen) atoms. The van der Waals surface area contributed by atoms with Gasteiger partial charge in [0.1, 0.15) is 6.04 Å².